The molecule has 218 valence electrons. The van der Waals surface area contributed by atoms with Crippen LogP contribution in [0.5, 0.6) is 0 Å². The summed E-state index contributed by atoms with van der Waals surface area (Å²) in [6, 6.07) is 0. The highest BCUT2D eigenvalue weighted by Crippen LogP contribution is 2.19. The van der Waals surface area contributed by atoms with Crippen molar-refractivity contribution in [1.29, 1.82) is 0 Å². The Hall–Kier alpha value is -4.10. The zero-order chi connectivity index (χ0) is 30.0. The number of nitrogens with one attached hydrogen (secondary N) is 1. The lowest BCUT2D eigenvalue weighted by molar-refractivity contribution is -0.155. The Morgan fingerprint density at radius 2 is 1.49 bits per heavy atom. The molecule has 0 aliphatic rings. The molecule has 0 saturated carbocycles. The third-order valence-electron chi connectivity index (χ3n) is 5.36. The molecule has 1 aromatic heterocycles. The first kappa shape index (κ1) is 34.9. The molecule has 39 heavy (non-hydrogen) atoms. The molecule has 1 atom stereocenters. The fraction of sp³-hybridized carbons (Fsp3) is 0.600. The molecule has 1 heterocycles. The molecule has 1 aromatic rings. The number of rotatable bonds is 15. The Morgan fingerprint density at radius 3 is 2.03 bits per heavy atom. The van der Waals surface area contributed by atoms with Crippen molar-refractivity contribution in [3.05, 3.63) is 23.8 Å². The van der Waals surface area contributed by atoms with Gasteiger partial charge in [-0.15, -0.1) is 0 Å². The van der Waals surface area contributed by atoms with Gasteiger partial charge in [-0.05, 0) is 12.8 Å². The minimum atomic E-state index is -1.36. The van der Waals surface area contributed by atoms with Crippen molar-refractivity contribution in [2.45, 2.75) is 60.3 Å². The molecular weight excluding hydrogens is 518 g/mol. The van der Waals surface area contributed by atoms with Crippen molar-refractivity contribution in [1.82, 2.24) is 15.3 Å². The molecule has 14 nitrogen and oxygen atoms in total. The number of carboxylic acid groups (broad SMARTS) is 2. The molecule has 1 amide bonds. The highest BCUT2D eigenvalue weighted by atomic mass is 16.6. The number of carbonyl (C=O) groups excluding carboxylic acids is 4. The average molecular weight is 556 g/mol. The van der Waals surface area contributed by atoms with E-state index in [1.54, 1.807) is 6.92 Å². The van der Waals surface area contributed by atoms with Crippen LogP contribution >= 0.6 is 0 Å². The van der Waals surface area contributed by atoms with Crippen molar-refractivity contribution in [3.63, 3.8) is 0 Å². The van der Waals surface area contributed by atoms with Gasteiger partial charge in [-0.3, -0.25) is 19.2 Å². The Bertz CT molecular complexity index is 995. The van der Waals surface area contributed by atoms with Gasteiger partial charge >= 0.3 is 29.8 Å². The molecule has 0 spiro atoms. The molecular formula is C25H37N3O11. The number of hydrogen-bond acceptors (Lipinski definition) is 11. The number of nitrogens with zero attached hydrogens (tertiary/aromatic N) is 2. The normalized spacial score (nSPS) is 11.2. The molecule has 1 rings (SSSR count). The summed E-state index contributed by atoms with van der Waals surface area (Å²) in [4.78, 5) is 74.0. The van der Waals surface area contributed by atoms with Gasteiger partial charge in [0.05, 0.1) is 25.3 Å². The lowest BCUT2D eigenvalue weighted by Gasteiger charge is -2.21. The SMILES string of the molecule is CCC(C)(C)C(=O)NCCOC(=O)c1nccnc1C(=O)O.CCC(C)C(=O)OCCOC(=O)CCC(=O)O. The molecule has 0 aromatic carbocycles. The number of aliphatic carboxylic acids is 1. The van der Waals surface area contributed by atoms with E-state index in [4.69, 9.17) is 19.7 Å². The highest BCUT2D eigenvalue weighted by molar-refractivity contribution is 5.99. The van der Waals surface area contributed by atoms with Gasteiger partial charge in [0.1, 0.15) is 19.8 Å². The molecule has 0 radical (unpaired) electrons. The quantitative estimate of drug-likeness (QED) is 0.161. The Kier molecular flexibility index (Phi) is 16.3. The molecule has 0 bridgehead atoms. The smallest absolute Gasteiger partial charge is 0.359 e. The van der Waals surface area contributed by atoms with Crippen LogP contribution in [0.25, 0.3) is 0 Å². The van der Waals surface area contributed by atoms with Crippen LogP contribution in [0.1, 0.15) is 81.3 Å². The second-order valence-electron chi connectivity index (χ2n) is 8.78. The Labute approximate surface area is 226 Å². The second kappa shape index (κ2) is 18.2. The number of esters is 3. The summed E-state index contributed by atoms with van der Waals surface area (Å²) in [6.07, 6.45) is 3.32. The summed E-state index contributed by atoms with van der Waals surface area (Å²) in [5, 5.41) is 19.9. The predicted molar refractivity (Wildman–Crippen MR) is 135 cm³/mol. The number of amides is 1. The fourth-order valence-corrected chi connectivity index (χ4v) is 2.31. The number of aromatic nitrogens is 2. The van der Waals surface area contributed by atoms with E-state index in [0.717, 1.165) is 0 Å². The van der Waals surface area contributed by atoms with Gasteiger partial charge in [-0.2, -0.15) is 0 Å². The van der Waals surface area contributed by atoms with E-state index in [-0.39, 0.29) is 62.7 Å². The van der Waals surface area contributed by atoms with E-state index >= 15 is 0 Å². The van der Waals surface area contributed by atoms with Crippen molar-refractivity contribution in [2.24, 2.45) is 11.3 Å². The first-order valence-corrected chi connectivity index (χ1v) is 12.3. The molecule has 0 aliphatic carbocycles. The van der Waals surface area contributed by atoms with Crippen molar-refractivity contribution in [2.75, 3.05) is 26.4 Å². The third-order valence-corrected chi connectivity index (χ3v) is 5.36. The van der Waals surface area contributed by atoms with E-state index in [2.05, 4.69) is 20.0 Å². The molecule has 14 heteroatoms. The van der Waals surface area contributed by atoms with Crippen molar-refractivity contribution in [3.8, 4) is 0 Å². The van der Waals surface area contributed by atoms with Crippen LogP contribution in [0.3, 0.4) is 0 Å². The van der Waals surface area contributed by atoms with Gasteiger partial charge in [0.15, 0.2) is 11.4 Å². The van der Waals surface area contributed by atoms with Crippen molar-refractivity contribution >= 4 is 35.8 Å². The van der Waals surface area contributed by atoms with E-state index < -0.39 is 35.0 Å². The summed E-state index contributed by atoms with van der Waals surface area (Å²) in [7, 11) is 0. The minimum Gasteiger partial charge on any atom is -0.481 e. The molecule has 1 unspecified atom stereocenters. The van der Waals surface area contributed by atoms with Crippen LogP contribution in [0, 0.1) is 11.3 Å². The topological polar surface area (TPSA) is 208 Å². The third kappa shape index (κ3) is 14.4. The van der Waals surface area contributed by atoms with Crippen LogP contribution in [-0.4, -0.2) is 82.3 Å². The van der Waals surface area contributed by atoms with Crippen LogP contribution in [-0.2, 0) is 33.4 Å². The Morgan fingerprint density at radius 1 is 0.897 bits per heavy atom. The predicted octanol–water partition coefficient (Wildman–Crippen LogP) is 1.87. The largest absolute Gasteiger partial charge is 0.481 e. The molecule has 0 fully saturated rings. The summed E-state index contributed by atoms with van der Waals surface area (Å²) in [6.45, 7) is 9.17. The second-order valence-corrected chi connectivity index (χ2v) is 8.78. The van der Waals surface area contributed by atoms with Gasteiger partial charge in [0, 0.05) is 17.8 Å². The fourth-order valence-electron chi connectivity index (χ4n) is 2.31. The standard InChI is InChI=1S/C14H19N3O5.C11H18O6/c1-4-14(2,3)13(21)17-7-8-22-12(20)10-9(11(18)19)15-5-6-16-10;1-3-8(2)11(15)17-7-6-16-10(14)5-4-9(12)13/h5-6H,4,7-8H2,1-3H3,(H,17,21)(H,18,19);8H,3-7H2,1-2H3,(H,12,13). The first-order chi connectivity index (χ1) is 18.3. The van der Waals surface area contributed by atoms with Gasteiger partial charge in [-0.25, -0.2) is 19.6 Å². The molecule has 3 N–H and O–H groups in total. The zero-order valence-corrected chi connectivity index (χ0v) is 22.9. The number of ether oxygens (including phenoxy) is 3. The Balaban J connectivity index is 0.000000768. The number of aromatic carboxylic acids is 1. The van der Waals surface area contributed by atoms with E-state index in [1.807, 2.05) is 27.7 Å². The van der Waals surface area contributed by atoms with E-state index in [9.17, 15) is 28.8 Å². The maximum Gasteiger partial charge on any atom is 0.359 e. The highest BCUT2D eigenvalue weighted by Gasteiger charge is 2.25. The minimum absolute atomic E-state index is 0.00197. The summed E-state index contributed by atoms with van der Waals surface area (Å²) < 4.78 is 14.4. The number of carbonyl (C=O) groups is 6. The number of carboxylic acids is 2. The van der Waals surface area contributed by atoms with Crippen LogP contribution < -0.4 is 5.32 Å². The van der Waals surface area contributed by atoms with Gasteiger partial charge in [0.2, 0.25) is 5.91 Å². The van der Waals surface area contributed by atoms with E-state index in [1.165, 1.54) is 12.4 Å². The summed E-state index contributed by atoms with van der Waals surface area (Å²) in [5.41, 5.74) is -1.33. The maximum atomic E-state index is 11.8. The van der Waals surface area contributed by atoms with E-state index in [0.29, 0.717) is 12.8 Å². The maximum absolute atomic E-state index is 11.8. The summed E-state index contributed by atoms with van der Waals surface area (Å²) in [5.74, 6) is -4.55. The van der Waals surface area contributed by atoms with Crippen LogP contribution in [0.4, 0.5) is 0 Å². The van der Waals surface area contributed by atoms with Gasteiger partial charge in [-0.1, -0.05) is 34.6 Å². The average Bonchev–Trinajstić information content (AvgIpc) is 2.91. The molecule has 0 aliphatic heterocycles. The summed E-state index contributed by atoms with van der Waals surface area (Å²) >= 11 is 0. The van der Waals surface area contributed by atoms with Crippen LogP contribution in [0.2, 0.25) is 0 Å². The lowest BCUT2D eigenvalue weighted by atomic mass is 9.89. The lowest BCUT2D eigenvalue weighted by Crippen LogP contribution is -2.38. The van der Waals surface area contributed by atoms with Crippen molar-refractivity contribution < 1.29 is 53.2 Å². The number of hydrogen-bond donors (Lipinski definition) is 3. The van der Waals surface area contributed by atoms with Crippen LogP contribution in [0.15, 0.2) is 12.4 Å². The first-order valence-electron chi connectivity index (χ1n) is 12.3. The zero-order valence-electron chi connectivity index (χ0n) is 22.9. The van der Waals surface area contributed by atoms with Gasteiger partial charge < -0.3 is 29.7 Å². The molecule has 0 saturated heterocycles. The van der Waals surface area contributed by atoms with Gasteiger partial charge in [0.25, 0.3) is 0 Å². The monoisotopic (exact) mass is 555 g/mol.